The van der Waals surface area contributed by atoms with Gasteiger partial charge in [0, 0.05) is 29.1 Å². The molecule has 20 heavy (non-hydrogen) atoms. The first-order valence-corrected chi connectivity index (χ1v) is 6.51. The summed E-state index contributed by atoms with van der Waals surface area (Å²) in [5.74, 6) is 0.800. The highest BCUT2D eigenvalue weighted by Crippen LogP contribution is 2.20. The van der Waals surface area contributed by atoms with E-state index < -0.39 is 0 Å². The molecule has 0 spiro atoms. The minimum absolute atomic E-state index is 0.271. The second kappa shape index (κ2) is 6.10. The van der Waals surface area contributed by atoms with Crippen LogP contribution in [-0.2, 0) is 6.42 Å². The molecule has 0 saturated heterocycles. The van der Waals surface area contributed by atoms with Crippen LogP contribution in [0.1, 0.15) is 29.9 Å². The first kappa shape index (κ1) is 13.9. The molecule has 0 unspecified atom stereocenters. The number of rotatable bonds is 5. The third-order valence-corrected chi connectivity index (χ3v) is 2.76. The number of ether oxygens (including phenoxy) is 1. The van der Waals surface area contributed by atoms with E-state index in [1.165, 1.54) is 0 Å². The minimum Gasteiger partial charge on any atom is -0.494 e. The second-order valence-electron chi connectivity index (χ2n) is 4.31. The Morgan fingerprint density at radius 1 is 1.35 bits per heavy atom. The van der Waals surface area contributed by atoms with Gasteiger partial charge in [-0.15, -0.1) is 0 Å². The Kier molecular flexibility index (Phi) is 4.24. The van der Waals surface area contributed by atoms with E-state index >= 15 is 0 Å². The van der Waals surface area contributed by atoms with Gasteiger partial charge < -0.3 is 15.8 Å². The molecule has 106 valence electrons. The summed E-state index contributed by atoms with van der Waals surface area (Å²) in [7, 11) is 0. The predicted molar refractivity (Wildman–Crippen MR) is 77.9 cm³/mol. The Labute approximate surface area is 117 Å². The molecule has 1 aromatic carbocycles. The summed E-state index contributed by atoms with van der Waals surface area (Å²) in [6.45, 7) is 4.40. The smallest absolute Gasteiger partial charge is 0.257 e. The van der Waals surface area contributed by atoms with Gasteiger partial charge in [0.1, 0.15) is 5.75 Å². The average molecular weight is 274 g/mol. The monoisotopic (exact) mass is 274 g/mol. The number of aromatic amines is 1. The lowest BCUT2D eigenvalue weighted by atomic mass is 10.1. The maximum atomic E-state index is 12.1. The molecule has 4 N–H and O–H groups in total. The molecule has 6 heteroatoms. The van der Waals surface area contributed by atoms with Crippen molar-refractivity contribution in [3.8, 4) is 5.75 Å². The van der Waals surface area contributed by atoms with Crippen molar-refractivity contribution in [1.29, 1.82) is 0 Å². The molecule has 0 saturated carbocycles. The summed E-state index contributed by atoms with van der Waals surface area (Å²) in [6.07, 6.45) is 0.829. The number of anilines is 2. The second-order valence-corrected chi connectivity index (χ2v) is 4.31. The van der Waals surface area contributed by atoms with Crippen molar-refractivity contribution in [2.45, 2.75) is 20.3 Å². The Balaban J connectivity index is 2.15. The lowest BCUT2D eigenvalue weighted by Gasteiger charge is -2.07. The summed E-state index contributed by atoms with van der Waals surface area (Å²) >= 11 is 0. The maximum Gasteiger partial charge on any atom is 0.257 e. The molecule has 0 fully saturated rings. The van der Waals surface area contributed by atoms with Crippen LogP contribution >= 0.6 is 0 Å². The Morgan fingerprint density at radius 3 is 2.80 bits per heavy atom. The van der Waals surface area contributed by atoms with Crippen molar-refractivity contribution in [3.63, 3.8) is 0 Å². The number of aromatic nitrogens is 2. The fourth-order valence-corrected chi connectivity index (χ4v) is 1.80. The summed E-state index contributed by atoms with van der Waals surface area (Å²) < 4.78 is 5.37. The molecular formula is C14H18N4O2. The zero-order chi connectivity index (χ0) is 14.5. The van der Waals surface area contributed by atoms with Gasteiger partial charge >= 0.3 is 0 Å². The molecular weight excluding hydrogens is 256 g/mol. The number of aryl methyl sites for hydroxylation is 1. The number of hydrogen-bond acceptors (Lipinski definition) is 4. The number of H-pyrrole nitrogens is 1. The van der Waals surface area contributed by atoms with E-state index in [-0.39, 0.29) is 5.91 Å². The first-order chi connectivity index (χ1) is 9.62. The molecule has 0 radical (unpaired) electrons. The maximum absolute atomic E-state index is 12.1. The summed E-state index contributed by atoms with van der Waals surface area (Å²) in [5.41, 5.74) is 7.65. The van der Waals surface area contributed by atoms with E-state index in [1.54, 1.807) is 24.3 Å². The number of amides is 1. The highest BCUT2D eigenvalue weighted by molar-refractivity contribution is 6.04. The number of nitrogens with one attached hydrogen (secondary N) is 2. The number of carbonyl (C=O) groups excluding carboxylic acids is 1. The van der Waals surface area contributed by atoms with Gasteiger partial charge in [0.25, 0.3) is 5.91 Å². The van der Waals surface area contributed by atoms with E-state index in [0.717, 1.165) is 12.1 Å². The standard InChI is InChI=1S/C14H18N4O2/c1-3-11-8-13(18-17-11)16-14(19)9-5-10(15)7-12(6-9)20-4-2/h5-8H,3-4,15H2,1-2H3,(H2,16,17,18,19). The van der Waals surface area contributed by atoms with Gasteiger partial charge in [-0.3, -0.25) is 9.89 Å². The van der Waals surface area contributed by atoms with Crippen molar-refractivity contribution in [2.75, 3.05) is 17.7 Å². The van der Waals surface area contributed by atoms with Gasteiger partial charge in [-0.25, -0.2) is 0 Å². The molecule has 1 aromatic heterocycles. The molecule has 2 rings (SSSR count). The van der Waals surface area contributed by atoms with Gasteiger partial charge in [-0.2, -0.15) is 5.10 Å². The Bertz CT molecular complexity index is 607. The molecule has 0 bridgehead atoms. The first-order valence-electron chi connectivity index (χ1n) is 6.51. The quantitative estimate of drug-likeness (QED) is 0.729. The van der Waals surface area contributed by atoms with Gasteiger partial charge in [-0.05, 0) is 25.5 Å². The fraction of sp³-hybridized carbons (Fsp3) is 0.286. The van der Waals surface area contributed by atoms with Crippen LogP contribution in [0.2, 0.25) is 0 Å². The normalized spacial score (nSPS) is 10.3. The van der Waals surface area contributed by atoms with E-state index in [1.807, 2.05) is 13.8 Å². The zero-order valence-electron chi connectivity index (χ0n) is 11.6. The Morgan fingerprint density at radius 2 is 2.15 bits per heavy atom. The number of benzene rings is 1. The van der Waals surface area contributed by atoms with E-state index in [9.17, 15) is 4.79 Å². The van der Waals surface area contributed by atoms with Crippen LogP contribution < -0.4 is 15.8 Å². The van der Waals surface area contributed by atoms with Crippen LogP contribution in [0.15, 0.2) is 24.3 Å². The van der Waals surface area contributed by atoms with Gasteiger partial charge in [0.2, 0.25) is 0 Å². The molecule has 2 aromatic rings. The predicted octanol–water partition coefficient (Wildman–Crippen LogP) is 2.21. The highest BCUT2D eigenvalue weighted by atomic mass is 16.5. The summed E-state index contributed by atoms with van der Waals surface area (Å²) in [4.78, 5) is 12.1. The highest BCUT2D eigenvalue weighted by Gasteiger charge is 2.10. The number of nitrogen functional groups attached to an aromatic ring is 1. The van der Waals surface area contributed by atoms with Crippen LogP contribution in [0.25, 0.3) is 0 Å². The van der Waals surface area contributed by atoms with Gasteiger partial charge in [0.05, 0.1) is 6.61 Å². The minimum atomic E-state index is -0.271. The Hall–Kier alpha value is -2.50. The third kappa shape index (κ3) is 3.28. The van der Waals surface area contributed by atoms with Crippen LogP contribution in [0.3, 0.4) is 0 Å². The lowest BCUT2D eigenvalue weighted by Crippen LogP contribution is -2.13. The number of carbonyl (C=O) groups is 1. The lowest BCUT2D eigenvalue weighted by molar-refractivity contribution is 0.102. The largest absolute Gasteiger partial charge is 0.494 e. The zero-order valence-corrected chi connectivity index (χ0v) is 11.6. The topological polar surface area (TPSA) is 93.0 Å². The molecule has 0 aliphatic carbocycles. The number of nitrogens with two attached hydrogens (primary N) is 1. The number of nitrogens with zero attached hydrogens (tertiary/aromatic N) is 1. The number of hydrogen-bond donors (Lipinski definition) is 3. The molecule has 0 atom stereocenters. The van der Waals surface area contributed by atoms with Gasteiger partial charge in [0.15, 0.2) is 5.82 Å². The van der Waals surface area contributed by atoms with E-state index in [2.05, 4.69) is 15.5 Å². The van der Waals surface area contributed by atoms with Crippen molar-refractivity contribution in [1.82, 2.24) is 10.2 Å². The summed E-state index contributed by atoms with van der Waals surface area (Å²) in [6, 6.07) is 6.74. The molecule has 0 aliphatic heterocycles. The van der Waals surface area contributed by atoms with Crippen molar-refractivity contribution in [2.24, 2.45) is 0 Å². The van der Waals surface area contributed by atoms with Crippen molar-refractivity contribution in [3.05, 3.63) is 35.5 Å². The van der Waals surface area contributed by atoms with Gasteiger partial charge in [-0.1, -0.05) is 6.92 Å². The van der Waals surface area contributed by atoms with Crippen LogP contribution in [0.5, 0.6) is 5.75 Å². The molecule has 0 aliphatic rings. The molecule has 1 amide bonds. The fourth-order valence-electron chi connectivity index (χ4n) is 1.80. The van der Waals surface area contributed by atoms with Crippen LogP contribution in [-0.4, -0.2) is 22.7 Å². The van der Waals surface area contributed by atoms with Crippen LogP contribution in [0, 0.1) is 0 Å². The van der Waals surface area contributed by atoms with Crippen LogP contribution in [0.4, 0.5) is 11.5 Å². The van der Waals surface area contributed by atoms with Crippen molar-refractivity contribution >= 4 is 17.4 Å². The molecule has 1 heterocycles. The summed E-state index contributed by atoms with van der Waals surface area (Å²) in [5, 5.41) is 9.57. The SMILES string of the molecule is CCOc1cc(N)cc(C(=O)Nc2cc(CC)[nH]n2)c1. The van der Waals surface area contributed by atoms with E-state index in [4.69, 9.17) is 10.5 Å². The van der Waals surface area contributed by atoms with E-state index in [0.29, 0.717) is 29.4 Å². The molecule has 6 nitrogen and oxygen atoms in total. The average Bonchev–Trinajstić information content (AvgIpc) is 2.86. The van der Waals surface area contributed by atoms with Crippen molar-refractivity contribution < 1.29 is 9.53 Å². The third-order valence-electron chi connectivity index (χ3n) is 2.76.